The van der Waals surface area contributed by atoms with Crippen molar-refractivity contribution in [2.24, 2.45) is 0 Å². The predicted molar refractivity (Wildman–Crippen MR) is 153 cm³/mol. The first-order valence-electron chi connectivity index (χ1n) is 13.2. The number of pyridine rings is 1. The van der Waals surface area contributed by atoms with Gasteiger partial charge in [-0.3, -0.25) is 0 Å². The van der Waals surface area contributed by atoms with Crippen LogP contribution in [0.5, 0.6) is 5.75 Å². The number of rotatable bonds is 8. The minimum Gasteiger partial charge on any atom is -0.494 e. The molecule has 0 radical (unpaired) electrons. The molecule has 0 spiro atoms. The summed E-state index contributed by atoms with van der Waals surface area (Å²) in [6.07, 6.45) is 0.188. The summed E-state index contributed by atoms with van der Waals surface area (Å²) in [5, 5.41) is 13.7. The van der Waals surface area contributed by atoms with E-state index in [1.165, 1.54) is 18.3 Å². The summed E-state index contributed by atoms with van der Waals surface area (Å²) in [4.78, 5) is 43.4. The number of aromatic nitrogens is 1. The number of fused-ring (bicyclic) bond motifs is 1. The number of carbonyl (C=O) groups excluding carboxylic acids is 2. The molecule has 2 N–H and O–H groups in total. The minimum absolute atomic E-state index is 0.0286. The van der Waals surface area contributed by atoms with Crippen molar-refractivity contribution < 1.29 is 38.1 Å². The molecule has 1 atom stereocenters. The lowest BCUT2D eigenvalue weighted by atomic mass is 10.0. The normalized spacial score (nSPS) is 12.4. The van der Waals surface area contributed by atoms with Crippen LogP contribution in [0.25, 0.3) is 10.8 Å². The number of ether oxygens (including phenoxy) is 3. The molecule has 3 aromatic rings. The lowest BCUT2D eigenvalue weighted by Crippen LogP contribution is -2.44. The molecule has 0 aliphatic carbocycles. The van der Waals surface area contributed by atoms with Crippen molar-refractivity contribution in [2.75, 3.05) is 16.8 Å². The van der Waals surface area contributed by atoms with Gasteiger partial charge in [-0.1, -0.05) is 6.92 Å². The second-order valence-electron chi connectivity index (χ2n) is 11.3. The number of nitrogens with one attached hydrogen (secondary N) is 1. The van der Waals surface area contributed by atoms with Crippen molar-refractivity contribution in [1.29, 1.82) is 0 Å². The van der Waals surface area contributed by atoms with Crippen LogP contribution in [-0.4, -0.2) is 46.1 Å². The molecular formula is C30H36FN3O7. The van der Waals surface area contributed by atoms with Crippen LogP contribution >= 0.6 is 0 Å². The summed E-state index contributed by atoms with van der Waals surface area (Å²) in [6, 6.07) is 8.88. The van der Waals surface area contributed by atoms with Crippen molar-refractivity contribution in [1.82, 2.24) is 4.98 Å². The first-order chi connectivity index (χ1) is 19.1. The van der Waals surface area contributed by atoms with Gasteiger partial charge in [-0.2, -0.15) is 4.90 Å². The first kappa shape index (κ1) is 31.1. The lowest BCUT2D eigenvalue weighted by Gasteiger charge is -2.28. The number of imide groups is 1. The molecule has 0 saturated carbocycles. The topological polar surface area (TPSA) is 127 Å². The van der Waals surface area contributed by atoms with E-state index in [9.17, 15) is 23.9 Å². The Hall–Kier alpha value is -4.41. The fraction of sp³-hybridized carbons (Fsp3) is 0.400. The second-order valence-corrected chi connectivity index (χ2v) is 11.3. The van der Waals surface area contributed by atoms with Gasteiger partial charge in [0.05, 0.1) is 6.61 Å². The lowest BCUT2D eigenvalue weighted by molar-refractivity contribution is -0.138. The van der Waals surface area contributed by atoms with Crippen LogP contribution in [0.15, 0.2) is 48.7 Å². The molecule has 3 rings (SSSR count). The van der Waals surface area contributed by atoms with Crippen molar-refractivity contribution in [2.45, 2.75) is 72.1 Å². The Balaban J connectivity index is 2.02. The number of halogens is 1. The monoisotopic (exact) mass is 569 g/mol. The van der Waals surface area contributed by atoms with Crippen molar-refractivity contribution in [3.8, 4) is 5.75 Å². The maximum absolute atomic E-state index is 14.7. The zero-order valence-corrected chi connectivity index (χ0v) is 24.3. The number of nitrogens with zero attached hydrogens (tertiary/aromatic N) is 2. The van der Waals surface area contributed by atoms with E-state index < -0.39 is 41.2 Å². The van der Waals surface area contributed by atoms with Gasteiger partial charge in [-0.25, -0.2) is 23.8 Å². The smallest absolute Gasteiger partial charge is 0.425 e. The third kappa shape index (κ3) is 8.29. The van der Waals surface area contributed by atoms with E-state index in [-0.39, 0.29) is 11.4 Å². The number of benzene rings is 2. The van der Waals surface area contributed by atoms with Crippen molar-refractivity contribution in [3.05, 3.63) is 60.0 Å². The Morgan fingerprint density at radius 3 is 2.17 bits per heavy atom. The third-order valence-corrected chi connectivity index (χ3v) is 5.42. The average Bonchev–Trinajstić information content (AvgIpc) is 2.84. The van der Waals surface area contributed by atoms with E-state index >= 15 is 0 Å². The molecule has 1 unspecified atom stereocenters. The fourth-order valence-electron chi connectivity index (χ4n) is 3.78. The highest BCUT2D eigenvalue weighted by Crippen LogP contribution is 2.32. The molecule has 0 aliphatic rings. The van der Waals surface area contributed by atoms with E-state index in [0.29, 0.717) is 28.8 Å². The number of carbonyl (C=O) groups is 3. The number of aliphatic carboxylic acids is 1. The largest absolute Gasteiger partial charge is 0.494 e. The first-order valence-corrected chi connectivity index (χ1v) is 13.2. The summed E-state index contributed by atoms with van der Waals surface area (Å²) in [5.41, 5.74) is -1.55. The molecule has 0 bridgehead atoms. The highest BCUT2D eigenvalue weighted by Gasteiger charge is 2.34. The van der Waals surface area contributed by atoms with E-state index in [1.54, 1.807) is 65.8 Å². The van der Waals surface area contributed by atoms with Crippen LogP contribution in [-0.2, 0) is 14.3 Å². The number of carboxylic acids is 1. The van der Waals surface area contributed by atoms with Crippen LogP contribution in [0, 0.1) is 5.82 Å². The van der Waals surface area contributed by atoms with Crippen LogP contribution in [0.2, 0.25) is 0 Å². The van der Waals surface area contributed by atoms with Gasteiger partial charge >= 0.3 is 18.2 Å². The fourth-order valence-corrected chi connectivity index (χ4v) is 3.78. The van der Waals surface area contributed by atoms with Gasteiger partial charge in [0, 0.05) is 22.8 Å². The maximum Gasteiger partial charge on any atom is 0.425 e. The summed E-state index contributed by atoms with van der Waals surface area (Å²) < 4.78 is 31.2. The summed E-state index contributed by atoms with van der Waals surface area (Å²) in [7, 11) is 0. The summed E-state index contributed by atoms with van der Waals surface area (Å²) in [6.45, 7) is 12.3. The van der Waals surface area contributed by atoms with E-state index in [0.717, 1.165) is 17.4 Å². The molecule has 220 valence electrons. The number of hydrogen-bond donors (Lipinski definition) is 2. The molecule has 2 aromatic carbocycles. The Morgan fingerprint density at radius 2 is 1.61 bits per heavy atom. The SMILES string of the molecule is CCCOc1ccc(F)c(C(Nc2ccc3c(N(C(=O)OC(C)(C)C)C(=O)OC(C)(C)C)nccc3c2)C(=O)O)c1. The number of amides is 2. The quantitative estimate of drug-likeness (QED) is 0.292. The Kier molecular flexibility index (Phi) is 9.42. The minimum atomic E-state index is -1.43. The van der Waals surface area contributed by atoms with Gasteiger partial charge < -0.3 is 24.6 Å². The average molecular weight is 570 g/mol. The molecular weight excluding hydrogens is 533 g/mol. The molecule has 11 heteroatoms. The van der Waals surface area contributed by atoms with Crippen LogP contribution in [0.3, 0.4) is 0 Å². The summed E-state index contributed by atoms with van der Waals surface area (Å²) >= 11 is 0. The third-order valence-electron chi connectivity index (χ3n) is 5.42. The van der Waals surface area contributed by atoms with Crippen LogP contribution < -0.4 is 15.0 Å². The zero-order chi connectivity index (χ0) is 30.5. The van der Waals surface area contributed by atoms with Crippen molar-refractivity contribution >= 4 is 40.4 Å². The van der Waals surface area contributed by atoms with Gasteiger partial charge in [0.2, 0.25) is 0 Å². The Bertz CT molecular complexity index is 1400. The molecule has 0 aliphatic heterocycles. The van der Waals surface area contributed by atoms with Crippen LogP contribution in [0.1, 0.15) is 66.5 Å². The Labute approximate surface area is 238 Å². The molecule has 0 fully saturated rings. The van der Waals surface area contributed by atoms with Gasteiger partial charge in [0.25, 0.3) is 0 Å². The number of anilines is 2. The number of carboxylic acid groups (broad SMARTS) is 1. The maximum atomic E-state index is 14.7. The van der Waals surface area contributed by atoms with E-state index in [2.05, 4.69) is 10.3 Å². The van der Waals surface area contributed by atoms with Crippen molar-refractivity contribution in [3.63, 3.8) is 0 Å². The molecule has 2 amide bonds. The van der Waals surface area contributed by atoms with E-state index in [4.69, 9.17) is 14.2 Å². The standard InChI is InChI=1S/C30H36FN3O7/c1-8-15-39-20-10-12-23(31)22(17-20)24(26(35)36)33-19-9-11-21-18(16-19)13-14-32-25(21)34(27(37)40-29(2,3)4)28(38)41-30(5,6)7/h9-14,16-17,24,33H,8,15H2,1-7H3,(H,35,36). The van der Waals surface area contributed by atoms with E-state index in [1.807, 2.05) is 6.92 Å². The molecule has 0 saturated heterocycles. The predicted octanol–water partition coefficient (Wildman–Crippen LogP) is 7.08. The van der Waals surface area contributed by atoms with Gasteiger partial charge in [-0.15, -0.1) is 0 Å². The zero-order valence-electron chi connectivity index (χ0n) is 24.3. The molecule has 1 heterocycles. The van der Waals surface area contributed by atoms with Gasteiger partial charge in [0.1, 0.15) is 22.8 Å². The molecule has 41 heavy (non-hydrogen) atoms. The summed E-state index contributed by atoms with van der Waals surface area (Å²) in [5.74, 6) is -1.67. The molecule has 1 aromatic heterocycles. The number of hydrogen-bond acceptors (Lipinski definition) is 8. The van der Waals surface area contributed by atoms with Crippen LogP contribution in [0.4, 0.5) is 25.5 Å². The molecule has 10 nitrogen and oxygen atoms in total. The second kappa shape index (κ2) is 12.4. The highest BCUT2D eigenvalue weighted by molar-refractivity contribution is 6.14. The van der Waals surface area contributed by atoms with Gasteiger partial charge in [0.15, 0.2) is 11.9 Å². The highest BCUT2D eigenvalue weighted by atomic mass is 19.1. The van der Waals surface area contributed by atoms with Gasteiger partial charge in [-0.05, 0) is 95.8 Å². The Morgan fingerprint density at radius 1 is 0.976 bits per heavy atom.